The van der Waals surface area contributed by atoms with Crippen molar-refractivity contribution in [2.75, 3.05) is 25.4 Å². The maximum Gasteiger partial charge on any atom is 0.303 e. The lowest BCUT2D eigenvalue weighted by Crippen LogP contribution is -2.41. The topological polar surface area (TPSA) is 113 Å². The van der Waals surface area contributed by atoms with Crippen LogP contribution in [0.3, 0.4) is 0 Å². The number of carboxylic acid groups (broad SMARTS) is 1. The van der Waals surface area contributed by atoms with Gasteiger partial charge in [0.1, 0.15) is 0 Å². The van der Waals surface area contributed by atoms with Crippen LogP contribution >= 0.6 is 0 Å². The number of hydrogen-bond acceptors (Lipinski definition) is 5. The van der Waals surface area contributed by atoms with E-state index in [0.29, 0.717) is 13.1 Å². The summed E-state index contributed by atoms with van der Waals surface area (Å²) in [4.78, 5) is 24.5. The first-order chi connectivity index (χ1) is 12.3. The molecule has 1 saturated heterocycles. The van der Waals surface area contributed by atoms with Crippen LogP contribution in [0.1, 0.15) is 37.7 Å². The molecule has 1 N–H and O–H groups in total. The van der Waals surface area contributed by atoms with Crippen LogP contribution in [0.25, 0.3) is 0 Å². The molecule has 0 spiro atoms. The molecule has 146 valence electrons. The number of rotatable bonds is 9. The van der Waals surface area contributed by atoms with Crippen molar-refractivity contribution in [3.8, 4) is 0 Å². The summed E-state index contributed by atoms with van der Waals surface area (Å²) in [6, 6.07) is 0. The molecule has 10 heteroatoms. The Labute approximate surface area is 153 Å². The summed E-state index contributed by atoms with van der Waals surface area (Å²) in [6.45, 7) is 1.30. The van der Waals surface area contributed by atoms with Gasteiger partial charge in [-0.05, 0) is 12.8 Å². The Bertz CT molecular complexity index is 725. The third-order valence-corrected chi connectivity index (χ3v) is 6.22. The molecule has 0 bridgehead atoms. The second-order valence-electron chi connectivity index (χ2n) is 6.51. The van der Waals surface area contributed by atoms with E-state index in [1.165, 1.54) is 9.21 Å². The van der Waals surface area contributed by atoms with Gasteiger partial charge in [-0.2, -0.15) is 5.10 Å². The van der Waals surface area contributed by atoms with Gasteiger partial charge in [0.25, 0.3) is 0 Å². The predicted molar refractivity (Wildman–Crippen MR) is 94.7 cm³/mol. The fraction of sp³-hybridized carbons (Fsp3) is 0.688. The molecule has 0 radical (unpaired) electrons. The Morgan fingerprint density at radius 3 is 2.50 bits per heavy atom. The molecule has 9 nitrogen and oxygen atoms in total. The second kappa shape index (κ2) is 9.13. The van der Waals surface area contributed by atoms with Crippen molar-refractivity contribution in [3.05, 3.63) is 18.0 Å². The highest BCUT2D eigenvalue weighted by molar-refractivity contribution is 7.89. The quantitative estimate of drug-likeness (QED) is 0.658. The summed E-state index contributed by atoms with van der Waals surface area (Å²) in [6.07, 6.45) is 5.67. The number of aryl methyl sites for hydroxylation is 1. The summed E-state index contributed by atoms with van der Waals surface area (Å²) in [5, 5.41) is 12.8. The van der Waals surface area contributed by atoms with E-state index in [-0.39, 0.29) is 37.6 Å². The zero-order valence-electron chi connectivity index (χ0n) is 15.0. The van der Waals surface area contributed by atoms with Gasteiger partial charge in [0.05, 0.1) is 18.4 Å². The SMILES string of the molecule is Cn1cc(CN(CCS(=O)(=O)N2CCCCC2)C(=O)CCC(=O)O)cn1. The van der Waals surface area contributed by atoms with Crippen LogP contribution in [0.2, 0.25) is 0 Å². The zero-order chi connectivity index (χ0) is 19.2. The monoisotopic (exact) mass is 386 g/mol. The Hall–Kier alpha value is -1.94. The van der Waals surface area contributed by atoms with Crippen molar-refractivity contribution >= 4 is 21.9 Å². The lowest BCUT2D eigenvalue weighted by Gasteiger charge is -2.28. The first kappa shape index (κ1) is 20.4. The maximum atomic E-state index is 12.5. The molecule has 2 rings (SSSR count). The van der Waals surface area contributed by atoms with Crippen LogP contribution in [-0.4, -0.2) is 69.8 Å². The van der Waals surface area contributed by atoms with Crippen molar-refractivity contribution in [2.45, 2.75) is 38.6 Å². The lowest BCUT2D eigenvalue weighted by atomic mass is 10.2. The predicted octanol–water partition coefficient (Wildman–Crippen LogP) is 0.429. The number of aromatic nitrogens is 2. The molecule has 1 aromatic rings. The summed E-state index contributed by atoms with van der Waals surface area (Å²) in [7, 11) is -1.68. The van der Waals surface area contributed by atoms with E-state index in [1.807, 2.05) is 0 Å². The van der Waals surface area contributed by atoms with Crippen LogP contribution in [0.4, 0.5) is 0 Å². The van der Waals surface area contributed by atoms with Crippen molar-refractivity contribution in [3.63, 3.8) is 0 Å². The van der Waals surface area contributed by atoms with Crippen molar-refractivity contribution in [1.29, 1.82) is 0 Å². The highest BCUT2D eigenvalue weighted by Gasteiger charge is 2.26. The van der Waals surface area contributed by atoms with Gasteiger partial charge in [-0.15, -0.1) is 0 Å². The van der Waals surface area contributed by atoms with Gasteiger partial charge < -0.3 is 10.0 Å². The van der Waals surface area contributed by atoms with Crippen LogP contribution in [0.15, 0.2) is 12.4 Å². The smallest absolute Gasteiger partial charge is 0.303 e. The van der Waals surface area contributed by atoms with Crippen molar-refractivity contribution in [1.82, 2.24) is 19.0 Å². The Morgan fingerprint density at radius 2 is 1.92 bits per heavy atom. The van der Waals surface area contributed by atoms with Gasteiger partial charge in [-0.3, -0.25) is 14.3 Å². The average Bonchev–Trinajstić information content (AvgIpc) is 3.02. The van der Waals surface area contributed by atoms with Crippen LogP contribution < -0.4 is 0 Å². The minimum atomic E-state index is -3.43. The molecule has 0 aromatic carbocycles. The molecule has 0 saturated carbocycles. The number of amides is 1. The van der Waals surface area contributed by atoms with Crippen LogP contribution in [0, 0.1) is 0 Å². The van der Waals surface area contributed by atoms with E-state index in [1.54, 1.807) is 24.1 Å². The standard InChI is InChI=1S/C16H26N4O5S/c1-18-12-14(11-17-18)13-19(15(21)5-6-16(22)23)9-10-26(24,25)20-7-3-2-4-8-20/h11-12H,2-10,13H2,1H3,(H,22,23). The van der Waals surface area contributed by atoms with Crippen molar-refractivity contribution < 1.29 is 23.1 Å². The number of sulfonamides is 1. The maximum absolute atomic E-state index is 12.5. The summed E-state index contributed by atoms with van der Waals surface area (Å²) in [5.74, 6) is -1.59. The van der Waals surface area contributed by atoms with Gasteiger partial charge in [-0.25, -0.2) is 12.7 Å². The number of carboxylic acids is 1. The number of hydrogen-bond donors (Lipinski definition) is 1. The Kier molecular flexibility index (Phi) is 7.15. The number of carbonyl (C=O) groups excluding carboxylic acids is 1. The normalized spacial score (nSPS) is 15.7. The highest BCUT2D eigenvalue weighted by atomic mass is 32.2. The van der Waals surface area contributed by atoms with Gasteiger partial charge in [0.15, 0.2) is 0 Å². The van der Waals surface area contributed by atoms with E-state index in [0.717, 1.165) is 24.8 Å². The van der Waals surface area contributed by atoms with Gasteiger partial charge in [-0.1, -0.05) is 6.42 Å². The minimum Gasteiger partial charge on any atom is -0.481 e. The molecular formula is C16H26N4O5S. The van der Waals surface area contributed by atoms with Crippen LogP contribution in [-0.2, 0) is 33.2 Å². The van der Waals surface area contributed by atoms with Gasteiger partial charge in [0, 0.05) is 51.4 Å². The van der Waals surface area contributed by atoms with E-state index in [4.69, 9.17) is 5.11 Å². The summed E-state index contributed by atoms with van der Waals surface area (Å²) < 4.78 is 28.1. The molecule has 1 aliphatic rings. The first-order valence-corrected chi connectivity index (χ1v) is 10.3. The number of nitrogens with zero attached hydrogens (tertiary/aromatic N) is 4. The molecule has 1 aliphatic heterocycles. The average molecular weight is 386 g/mol. The van der Waals surface area contributed by atoms with E-state index in [9.17, 15) is 18.0 Å². The van der Waals surface area contributed by atoms with E-state index < -0.39 is 16.0 Å². The molecule has 1 fully saturated rings. The second-order valence-corrected chi connectivity index (χ2v) is 8.60. The van der Waals surface area contributed by atoms with Crippen LogP contribution in [0.5, 0.6) is 0 Å². The fourth-order valence-corrected chi connectivity index (χ4v) is 4.46. The molecule has 26 heavy (non-hydrogen) atoms. The largest absolute Gasteiger partial charge is 0.481 e. The fourth-order valence-electron chi connectivity index (χ4n) is 2.94. The molecule has 1 amide bonds. The molecule has 0 unspecified atom stereocenters. The minimum absolute atomic E-state index is 0.0339. The third kappa shape index (κ3) is 6.10. The zero-order valence-corrected chi connectivity index (χ0v) is 15.8. The molecule has 2 heterocycles. The van der Waals surface area contributed by atoms with E-state index >= 15 is 0 Å². The molecular weight excluding hydrogens is 360 g/mol. The third-order valence-electron chi connectivity index (χ3n) is 4.36. The molecule has 0 atom stereocenters. The number of carbonyl (C=O) groups is 2. The number of aliphatic carboxylic acids is 1. The van der Waals surface area contributed by atoms with Gasteiger partial charge in [0.2, 0.25) is 15.9 Å². The lowest BCUT2D eigenvalue weighted by molar-refractivity contribution is -0.141. The number of piperidine rings is 1. The van der Waals surface area contributed by atoms with E-state index in [2.05, 4.69) is 5.10 Å². The molecule has 0 aliphatic carbocycles. The summed E-state index contributed by atoms with van der Waals surface area (Å²) >= 11 is 0. The first-order valence-electron chi connectivity index (χ1n) is 8.73. The molecule has 1 aromatic heterocycles. The Morgan fingerprint density at radius 1 is 1.23 bits per heavy atom. The van der Waals surface area contributed by atoms with Gasteiger partial charge >= 0.3 is 5.97 Å². The van der Waals surface area contributed by atoms with Crippen molar-refractivity contribution in [2.24, 2.45) is 7.05 Å². The Balaban J connectivity index is 2.02. The highest BCUT2D eigenvalue weighted by Crippen LogP contribution is 2.14. The summed E-state index contributed by atoms with van der Waals surface area (Å²) in [5.41, 5.74) is 0.770.